The minimum atomic E-state index is -1.01. The van der Waals surface area contributed by atoms with Crippen LogP contribution in [-0.4, -0.2) is 16.8 Å². The average Bonchev–Trinajstić information content (AvgIpc) is 2.36. The zero-order chi connectivity index (χ0) is 13.2. The van der Waals surface area contributed by atoms with Crippen molar-refractivity contribution < 1.29 is 14.9 Å². The van der Waals surface area contributed by atoms with E-state index in [0.717, 1.165) is 0 Å². The second-order valence-corrected chi connectivity index (χ2v) is 2.99. The van der Waals surface area contributed by atoms with Gasteiger partial charge in [-0.2, -0.15) is 0 Å². The summed E-state index contributed by atoms with van der Waals surface area (Å²) in [6, 6.07) is 1.20. The van der Waals surface area contributed by atoms with E-state index < -0.39 is 33.2 Å². The van der Waals surface area contributed by atoms with Crippen LogP contribution in [0.3, 0.4) is 0 Å². The standard InChI is InChI=1S/C6H6O3.C4H2O4/c1-2-9-5-3-4(7)6(5)8;5-1-2(6)4(8)3(1)7/h3H,2H2,1H3;5-6H. The molecule has 2 aromatic rings. The molecule has 0 saturated heterocycles. The third-order valence-corrected chi connectivity index (χ3v) is 1.87. The van der Waals surface area contributed by atoms with E-state index in [0.29, 0.717) is 6.61 Å². The van der Waals surface area contributed by atoms with Crippen LogP contribution in [0.25, 0.3) is 0 Å². The zero-order valence-corrected chi connectivity index (χ0v) is 8.72. The summed E-state index contributed by atoms with van der Waals surface area (Å²) in [5.41, 5.74) is -2.99. The van der Waals surface area contributed by atoms with Gasteiger partial charge in [-0.3, -0.25) is 19.2 Å². The van der Waals surface area contributed by atoms with Crippen molar-refractivity contribution >= 4 is 0 Å². The molecular formula is C10H8O7. The molecule has 0 spiro atoms. The van der Waals surface area contributed by atoms with Gasteiger partial charge in [0, 0.05) is 6.07 Å². The first kappa shape index (κ1) is 12.6. The molecule has 0 aliphatic carbocycles. The van der Waals surface area contributed by atoms with E-state index in [4.69, 9.17) is 14.9 Å². The molecule has 7 heteroatoms. The summed E-state index contributed by atoms with van der Waals surface area (Å²) in [5, 5.41) is 16.4. The molecule has 2 aromatic carbocycles. The fourth-order valence-electron chi connectivity index (χ4n) is 0.924. The fourth-order valence-corrected chi connectivity index (χ4v) is 0.924. The van der Waals surface area contributed by atoms with E-state index in [1.54, 1.807) is 6.92 Å². The fraction of sp³-hybridized carbons (Fsp3) is 0.200. The molecule has 90 valence electrons. The minimum absolute atomic E-state index is 0.197. The lowest BCUT2D eigenvalue weighted by Crippen LogP contribution is -2.30. The van der Waals surface area contributed by atoms with E-state index in [2.05, 4.69) is 0 Å². The van der Waals surface area contributed by atoms with Crippen LogP contribution in [0.4, 0.5) is 0 Å². The van der Waals surface area contributed by atoms with Crippen LogP contribution in [0.5, 0.6) is 17.2 Å². The van der Waals surface area contributed by atoms with Crippen molar-refractivity contribution in [3.8, 4) is 17.2 Å². The van der Waals surface area contributed by atoms with Crippen molar-refractivity contribution in [1.29, 1.82) is 0 Å². The Labute approximate surface area is 93.5 Å². The second kappa shape index (κ2) is 4.60. The molecule has 0 unspecified atom stereocenters. The molecule has 17 heavy (non-hydrogen) atoms. The molecule has 0 heterocycles. The first-order valence-electron chi connectivity index (χ1n) is 4.54. The maximum Gasteiger partial charge on any atom is 0.275 e. The predicted octanol–water partition coefficient (Wildman–Crippen LogP) is -1.62. The van der Waals surface area contributed by atoms with Gasteiger partial charge in [0.15, 0.2) is 5.75 Å². The molecule has 0 aliphatic heterocycles. The van der Waals surface area contributed by atoms with Crippen LogP contribution in [0.15, 0.2) is 25.2 Å². The van der Waals surface area contributed by atoms with Gasteiger partial charge in [-0.05, 0) is 6.92 Å². The Morgan fingerprint density at radius 3 is 1.71 bits per heavy atom. The Balaban J connectivity index is 0.000000171. The van der Waals surface area contributed by atoms with Gasteiger partial charge in [-0.15, -0.1) is 0 Å². The third kappa shape index (κ3) is 2.22. The Hall–Kier alpha value is -2.44. The Morgan fingerprint density at radius 1 is 1.00 bits per heavy atom. The van der Waals surface area contributed by atoms with Crippen molar-refractivity contribution in [1.82, 2.24) is 0 Å². The highest BCUT2D eigenvalue weighted by atomic mass is 16.5. The zero-order valence-electron chi connectivity index (χ0n) is 8.72. The van der Waals surface area contributed by atoms with Crippen LogP contribution in [-0.2, 0) is 0 Å². The van der Waals surface area contributed by atoms with Gasteiger partial charge in [-0.1, -0.05) is 0 Å². The van der Waals surface area contributed by atoms with Crippen molar-refractivity contribution in [2.75, 3.05) is 6.61 Å². The molecule has 2 N–H and O–H groups in total. The van der Waals surface area contributed by atoms with Gasteiger partial charge in [-0.25, -0.2) is 0 Å². The van der Waals surface area contributed by atoms with Crippen LogP contribution >= 0.6 is 0 Å². The van der Waals surface area contributed by atoms with Crippen molar-refractivity contribution in [2.45, 2.75) is 6.92 Å². The molecule has 7 nitrogen and oxygen atoms in total. The Bertz CT molecular complexity index is 636. The molecule has 0 atom stereocenters. The summed E-state index contributed by atoms with van der Waals surface area (Å²) in [5.74, 6) is -1.45. The highest BCUT2D eigenvalue weighted by molar-refractivity contribution is 5.42. The van der Waals surface area contributed by atoms with E-state index in [1.165, 1.54) is 6.07 Å². The van der Waals surface area contributed by atoms with Gasteiger partial charge in [0.25, 0.3) is 16.3 Å². The number of hydrogen-bond donors (Lipinski definition) is 2. The molecule has 0 amide bonds. The maximum atomic E-state index is 10.4. The molecule has 0 radical (unpaired) electrons. The van der Waals surface area contributed by atoms with Gasteiger partial charge in [0.2, 0.25) is 16.9 Å². The van der Waals surface area contributed by atoms with Crippen molar-refractivity contribution in [2.24, 2.45) is 0 Å². The van der Waals surface area contributed by atoms with Crippen LogP contribution < -0.4 is 26.5 Å². The SMILES string of the molecule is CCOc1cc(=O)c1=O.O=c1c(O)c(O)c1=O. The van der Waals surface area contributed by atoms with Crippen molar-refractivity contribution in [3.63, 3.8) is 0 Å². The summed E-state index contributed by atoms with van der Waals surface area (Å²) < 4.78 is 4.75. The van der Waals surface area contributed by atoms with E-state index in [9.17, 15) is 19.2 Å². The summed E-state index contributed by atoms with van der Waals surface area (Å²) in [6.07, 6.45) is 0. The van der Waals surface area contributed by atoms with E-state index >= 15 is 0 Å². The number of hydrogen-bond acceptors (Lipinski definition) is 7. The van der Waals surface area contributed by atoms with Gasteiger partial charge in [0.05, 0.1) is 6.61 Å². The van der Waals surface area contributed by atoms with E-state index in [-0.39, 0.29) is 5.75 Å². The summed E-state index contributed by atoms with van der Waals surface area (Å²) >= 11 is 0. The predicted molar refractivity (Wildman–Crippen MR) is 57.2 cm³/mol. The molecule has 0 aliphatic rings. The van der Waals surface area contributed by atoms with Gasteiger partial charge < -0.3 is 14.9 Å². The quantitative estimate of drug-likeness (QED) is 0.605. The second-order valence-electron chi connectivity index (χ2n) is 2.99. The summed E-state index contributed by atoms with van der Waals surface area (Å²) in [7, 11) is 0. The Kier molecular flexibility index (Phi) is 3.42. The number of rotatable bonds is 2. The Morgan fingerprint density at radius 2 is 1.47 bits per heavy atom. The average molecular weight is 240 g/mol. The lowest BCUT2D eigenvalue weighted by molar-refractivity contribution is 0.333. The van der Waals surface area contributed by atoms with Gasteiger partial charge >= 0.3 is 0 Å². The van der Waals surface area contributed by atoms with Crippen molar-refractivity contribution in [3.05, 3.63) is 47.0 Å². The van der Waals surface area contributed by atoms with Crippen LogP contribution in [0, 0.1) is 0 Å². The molecule has 0 fully saturated rings. The molecule has 0 aromatic heterocycles. The normalized spacial score (nSPS) is 9.94. The van der Waals surface area contributed by atoms with E-state index in [1.807, 2.05) is 0 Å². The molecular weight excluding hydrogens is 232 g/mol. The topological polar surface area (TPSA) is 118 Å². The molecule has 2 rings (SSSR count). The third-order valence-electron chi connectivity index (χ3n) is 1.87. The molecule has 0 saturated carbocycles. The smallest absolute Gasteiger partial charge is 0.275 e. The first-order valence-corrected chi connectivity index (χ1v) is 4.54. The monoisotopic (exact) mass is 240 g/mol. The highest BCUT2D eigenvalue weighted by Crippen LogP contribution is 2.13. The number of ether oxygens (including phenoxy) is 1. The van der Waals surface area contributed by atoms with Crippen LogP contribution in [0.2, 0.25) is 0 Å². The molecule has 0 bridgehead atoms. The first-order chi connectivity index (χ1) is 7.90. The minimum Gasteiger partial charge on any atom is -0.501 e. The number of aromatic hydroxyl groups is 2. The van der Waals surface area contributed by atoms with Crippen LogP contribution in [0.1, 0.15) is 6.92 Å². The lowest BCUT2D eigenvalue weighted by atomic mass is 10.2. The van der Waals surface area contributed by atoms with Gasteiger partial charge in [0.1, 0.15) is 0 Å². The highest BCUT2D eigenvalue weighted by Gasteiger charge is 2.17. The maximum absolute atomic E-state index is 10.4. The summed E-state index contributed by atoms with van der Waals surface area (Å²) in [6.45, 7) is 2.20. The lowest BCUT2D eigenvalue weighted by Gasteiger charge is -1.99. The largest absolute Gasteiger partial charge is 0.501 e. The summed E-state index contributed by atoms with van der Waals surface area (Å²) in [4.78, 5) is 40.5.